The van der Waals surface area contributed by atoms with Crippen molar-refractivity contribution in [1.82, 2.24) is 10.1 Å². The first-order chi connectivity index (χ1) is 18.0. The molecule has 2 unspecified atom stereocenters. The number of thiazole rings is 1. The number of rotatable bonds is 7. The molecule has 1 N–H and O–H groups in total. The Labute approximate surface area is 219 Å². The molecule has 9 heteroatoms. The second-order valence-corrected chi connectivity index (χ2v) is 12.3. The van der Waals surface area contributed by atoms with E-state index in [1.54, 1.807) is 0 Å². The number of ether oxygens (including phenoxy) is 1. The zero-order valence-electron chi connectivity index (χ0n) is 20.8. The Balaban J connectivity index is 1.07. The Morgan fingerprint density at radius 1 is 1.08 bits per heavy atom. The highest BCUT2D eigenvalue weighted by Gasteiger charge is 2.43. The van der Waals surface area contributed by atoms with Crippen LogP contribution in [0.25, 0.3) is 10.2 Å². The van der Waals surface area contributed by atoms with Crippen LogP contribution >= 0.6 is 11.3 Å². The summed E-state index contributed by atoms with van der Waals surface area (Å²) < 4.78 is 27.7. The van der Waals surface area contributed by atoms with Crippen molar-refractivity contribution in [2.75, 3.05) is 4.90 Å². The third-order valence-corrected chi connectivity index (χ3v) is 9.86. The van der Waals surface area contributed by atoms with Crippen LogP contribution in [0.4, 0.5) is 9.52 Å². The normalized spacial score (nSPS) is 26.3. The molecule has 37 heavy (non-hydrogen) atoms. The van der Waals surface area contributed by atoms with Crippen LogP contribution in [0.1, 0.15) is 110 Å². The summed E-state index contributed by atoms with van der Waals surface area (Å²) in [6.07, 6.45) is 12.8. The molecule has 196 valence electrons. The van der Waals surface area contributed by atoms with E-state index in [1.807, 2.05) is 0 Å². The minimum Gasteiger partial charge on any atom is -0.478 e. The summed E-state index contributed by atoms with van der Waals surface area (Å²) in [4.78, 5) is 18.3. The largest absolute Gasteiger partial charge is 0.478 e. The molecule has 2 bridgehead atoms. The topological polar surface area (TPSA) is 88.7 Å². The van der Waals surface area contributed by atoms with Crippen LogP contribution in [0.5, 0.6) is 0 Å². The highest BCUT2D eigenvalue weighted by atomic mass is 32.1. The van der Waals surface area contributed by atoms with E-state index in [1.165, 1.54) is 67.9 Å². The standard InChI is InChI=1S/C28H32FN3O4S/c29-22-10-17(27(33)34)11-23-25(22)30-28(37-23)32-18-8-9-19(32)13-20(12-18)35-14-21-24(15-4-2-1-3-5-15)31-36-26(21)16-6-7-16/h10-11,15-16,18-20H,1-9,12-14H2,(H,33,34)/t18-,19?,20?/m0/s1. The van der Waals surface area contributed by atoms with Crippen molar-refractivity contribution in [3.05, 3.63) is 40.5 Å². The second-order valence-electron chi connectivity index (χ2n) is 11.3. The molecule has 2 saturated heterocycles. The van der Waals surface area contributed by atoms with E-state index in [0.717, 1.165) is 48.3 Å². The number of hydrogen-bond donors (Lipinski definition) is 1. The van der Waals surface area contributed by atoms with E-state index in [2.05, 4.69) is 15.0 Å². The summed E-state index contributed by atoms with van der Waals surface area (Å²) in [5.41, 5.74) is 2.60. The van der Waals surface area contributed by atoms with Crippen molar-refractivity contribution in [3.8, 4) is 0 Å². The molecule has 7 nitrogen and oxygen atoms in total. The highest BCUT2D eigenvalue weighted by molar-refractivity contribution is 7.22. The van der Waals surface area contributed by atoms with Crippen LogP contribution in [0.15, 0.2) is 16.7 Å². The van der Waals surface area contributed by atoms with Crippen LogP contribution < -0.4 is 4.90 Å². The molecule has 4 aliphatic rings. The summed E-state index contributed by atoms with van der Waals surface area (Å²) in [5.74, 6) is 0.387. The van der Waals surface area contributed by atoms with Gasteiger partial charge in [-0.1, -0.05) is 35.8 Å². The van der Waals surface area contributed by atoms with Crippen molar-refractivity contribution in [1.29, 1.82) is 0 Å². The van der Waals surface area contributed by atoms with Crippen LogP contribution in [0.2, 0.25) is 0 Å². The summed E-state index contributed by atoms with van der Waals surface area (Å²) in [6, 6.07) is 3.19. The van der Waals surface area contributed by atoms with Gasteiger partial charge in [-0.3, -0.25) is 0 Å². The van der Waals surface area contributed by atoms with Crippen LogP contribution in [-0.2, 0) is 11.3 Å². The third-order valence-electron chi connectivity index (χ3n) is 8.85. The number of carbonyl (C=O) groups is 1. The predicted octanol–water partition coefficient (Wildman–Crippen LogP) is 6.76. The maximum atomic E-state index is 14.6. The lowest BCUT2D eigenvalue weighted by Gasteiger charge is -2.38. The zero-order chi connectivity index (χ0) is 25.1. The molecule has 4 heterocycles. The van der Waals surface area contributed by atoms with Gasteiger partial charge < -0.3 is 19.3 Å². The maximum Gasteiger partial charge on any atom is 0.335 e. The average molecular weight is 526 g/mol. The second kappa shape index (κ2) is 9.34. The Morgan fingerprint density at radius 3 is 2.54 bits per heavy atom. The Kier molecular flexibility index (Phi) is 5.96. The van der Waals surface area contributed by atoms with Crippen LogP contribution in [0.3, 0.4) is 0 Å². The van der Waals surface area contributed by atoms with Gasteiger partial charge in [-0.2, -0.15) is 0 Å². The van der Waals surface area contributed by atoms with E-state index >= 15 is 0 Å². The number of carboxylic acid groups (broad SMARTS) is 1. The van der Waals surface area contributed by atoms with Gasteiger partial charge in [0.05, 0.1) is 28.7 Å². The molecule has 3 atom stereocenters. The number of carboxylic acids is 1. The first-order valence-corrected chi connectivity index (χ1v) is 14.6. The van der Waals surface area contributed by atoms with Crippen molar-refractivity contribution in [3.63, 3.8) is 0 Å². The molecule has 7 rings (SSSR count). The summed E-state index contributed by atoms with van der Waals surface area (Å²) in [5, 5.41) is 14.6. The predicted molar refractivity (Wildman–Crippen MR) is 138 cm³/mol. The van der Waals surface area contributed by atoms with E-state index in [9.17, 15) is 14.3 Å². The smallest absolute Gasteiger partial charge is 0.335 e. The molecular weight excluding hydrogens is 493 g/mol. The number of benzene rings is 1. The van der Waals surface area contributed by atoms with Crippen LogP contribution in [-0.4, -0.2) is 39.4 Å². The molecule has 2 aliphatic heterocycles. The van der Waals surface area contributed by atoms with Gasteiger partial charge in [0.25, 0.3) is 0 Å². The van der Waals surface area contributed by atoms with Gasteiger partial charge >= 0.3 is 5.97 Å². The van der Waals surface area contributed by atoms with Crippen molar-refractivity contribution < 1.29 is 23.6 Å². The summed E-state index contributed by atoms with van der Waals surface area (Å²) >= 11 is 1.39. The molecule has 0 radical (unpaired) electrons. The fourth-order valence-corrected chi connectivity index (χ4v) is 7.99. The minimum absolute atomic E-state index is 0.0396. The van der Waals surface area contributed by atoms with Gasteiger partial charge in [0.2, 0.25) is 0 Å². The van der Waals surface area contributed by atoms with Gasteiger partial charge in [-0.25, -0.2) is 14.2 Å². The van der Waals surface area contributed by atoms with E-state index < -0.39 is 11.8 Å². The van der Waals surface area contributed by atoms with Crippen molar-refractivity contribution >= 4 is 32.7 Å². The first-order valence-electron chi connectivity index (χ1n) is 13.8. The van der Waals surface area contributed by atoms with Crippen LogP contribution in [0, 0.1) is 5.82 Å². The molecule has 0 spiro atoms. The SMILES string of the molecule is O=C(O)c1cc(F)c2nc(N3C4CC[C@H]3CC(OCc3c(C5CCCCC5)noc3C3CC3)C4)sc2c1. The fourth-order valence-electron chi connectivity index (χ4n) is 6.83. The molecule has 2 aromatic heterocycles. The number of nitrogens with zero attached hydrogens (tertiary/aromatic N) is 3. The monoisotopic (exact) mass is 525 g/mol. The highest BCUT2D eigenvalue weighted by Crippen LogP contribution is 2.46. The van der Waals surface area contributed by atoms with Gasteiger partial charge in [0.1, 0.15) is 11.3 Å². The third kappa shape index (κ3) is 4.34. The lowest BCUT2D eigenvalue weighted by atomic mass is 9.85. The number of aromatic carboxylic acids is 1. The molecule has 4 fully saturated rings. The van der Waals surface area contributed by atoms with Gasteiger partial charge in [-0.05, 0) is 63.5 Å². The average Bonchev–Trinajstić information content (AvgIpc) is 3.40. The first kappa shape index (κ1) is 23.6. The Morgan fingerprint density at radius 2 is 1.84 bits per heavy atom. The Bertz CT molecular complexity index is 1310. The van der Waals surface area contributed by atoms with E-state index in [4.69, 9.17) is 9.26 Å². The quantitative estimate of drug-likeness (QED) is 0.364. The van der Waals surface area contributed by atoms with Gasteiger partial charge in [0, 0.05) is 29.5 Å². The summed E-state index contributed by atoms with van der Waals surface area (Å²) in [7, 11) is 0. The number of anilines is 1. The zero-order valence-corrected chi connectivity index (χ0v) is 21.6. The molecule has 2 aliphatic carbocycles. The van der Waals surface area contributed by atoms with E-state index in [-0.39, 0.29) is 17.2 Å². The molecule has 0 amide bonds. The van der Waals surface area contributed by atoms with Crippen molar-refractivity contribution in [2.24, 2.45) is 0 Å². The maximum absolute atomic E-state index is 14.6. The van der Waals surface area contributed by atoms with Crippen molar-refractivity contribution in [2.45, 2.75) is 107 Å². The lowest BCUT2D eigenvalue weighted by molar-refractivity contribution is 0.0141. The lowest BCUT2D eigenvalue weighted by Crippen LogP contribution is -2.45. The van der Waals surface area contributed by atoms with Gasteiger partial charge in [-0.15, -0.1) is 0 Å². The molecule has 1 aromatic carbocycles. The van der Waals surface area contributed by atoms with E-state index in [0.29, 0.717) is 35.2 Å². The number of aromatic nitrogens is 2. The number of fused-ring (bicyclic) bond motifs is 3. The Hall–Kier alpha value is -2.52. The summed E-state index contributed by atoms with van der Waals surface area (Å²) in [6.45, 7) is 0.579. The minimum atomic E-state index is -1.13. The fraction of sp³-hybridized carbons (Fsp3) is 0.607. The number of halogens is 1. The van der Waals surface area contributed by atoms with Gasteiger partial charge in [0.15, 0.2) is 10.9 Å². The number of hydrogen-bond acceptors (Lipinski definition) is 7. The molecule has 3 aromatic rings. The number of piperidine rings is 1. The molecule has 2 saturated carbocycles. The molecular formula is C28H32FN3O4S.